The average molecular weight is 222 g/mol. The van der Waals surface area contributed by atoms with Gasteiger partial charge in [0.1, 0.15) is 12.0 Å². The molecule has 0 fully saturated rings. The van der Waals surface area contributed by atoms with Gasteiger partial charge in [-0.1, -0.05) is 23.7 Å². The molecule has 76 valence electrons. The number of oxazole rings is 1. The Morgan fingerprint density at radius 3 is 2.93 bits per heavy atom. The molecule has 0 radical (unpaired) electrons. The summed E-state index contributed by atoms with van der Waals surface area (Å²) in [5.41, 5.74) is 0.733. The van der Waals surface area contributed by atoms with Gasteiger partial charge in [0.05, 0.1) is 23.2 Å². The highest BCUT2D eigenvalue weighted by Crippen LogP contribution is 2.26. The van der Waals surface area contributed by atoms with E-state index >= 15 is 0 Å². The highest BCUT2D eigenvalue weighted by Gasteiger charge is 2.08. The summed E-state index contributed by atoms with van der Waals surface area (Å²) in [6.45, 7) is 0. The number of hydrogen-bond donors (Lipinski definition) is 0. The molecule has 0 aliphatic carbocycles. The number of aldehydes is 1. The van der Waals surface area contributed by atoms with Crippen LogP contribution in [0.4, 0.5) is 0 Å². The van der Waals surface area contributed by atoms with Gasteiger partial charge in [-0.15, -0.1) is 0 Å². The van der Waals surface area contributed by atoms with Crippen molar-refractivity contribution in [3.63, 3.8) is 0 Å². The summed E-state index contributed by atoms with van der Waals surface area (Å²) in [4.78, 5) is 14.3. The molecule has 15 heavy (non-hydrogen) atoms. The Kier molecular flexibility index (Phi) is 2.83. The van der Waals surface area contributed by atoms with E-state index in [-0.39, 0.29) is 6.42 Å². The van der Waals surface area contributed by atoms with Crippen molar-refractivity contribution in [2.75, 3.05) is 0 Å². The standard InChI is InChI=1S/C11H8ClNO2/c12-10-4-2-1-3-9(10)11-13-7-8(15-11)5-6-14/h1-4,6-7H,5H2. The first-order valence-corrected chi connectivity index (χ1v) is 4.82. The number of carbonyl (C=O) groups excluding carboxylic acids is 1. The van der Waals surface area contributed by atoms with Gasteiger partial charge < -0.3 is 9.21 Å². The smallest absolute Gasteiger partial charge is 0.227 e. The third-order valence-electron chi connectivity index (χ3n) is 1.94. The lowest BCUT2D eigenvalue weighted by Gasteiger charge is -1.97. The van der Waals surface area contributed by atoms with Crippen molar-refractivity contribution in [2.24, 2.45) is 0 Å². The quantitative estimate of drug-likeness (QED) is 0.749. The van der Waals surface area contributed by atoms with Crippen LogP contribution in [0.2, 0.25) is 5.02 Å². The maximum absolute atomic E-state index is 10.3. The largest absolute Gasteiger partial charge is 0.441 e. The van der Waals surface area contributed by atoms with E-state index in [0.29, 0.717) is 16.7 Å². The zero-order valence-corrected chi connectivity index (χ0v) is 8.57. The Morgan fingerprint density at radius 1 is 1.40 bits per heavy atom. The van der Waals surface area contributed by atoms with Crippen LogP contribution in [0.5, 0.6) is 0 Å². The van der Waals surface area contributed by atoms with Crippen LogP contribution < -0.4 is 0 Å². The molecule has 0 bridgehead atoms. The molecule has 0 aliphatic heterocycles. The summed E-state index contributed by atoms with van der Waals surface area (Å²) in [7, 11) is 0. The number of carbonyl (C=O) groups is 1. The van der Waals surface area contributed by atoms with E-state index in [0.717, 1.165) is 11.8 Å². The predicted molar refractivity (Wildman–Crippen MR) is 56.7 cm³/mol. The molecular formula is C11H8ClNO2. The molecule has 0 aliphatic rings. The van der Waals surface area contributed by atoms with E-state index in [9.17, 15) is 4.79 Å². The topological polar surface area (TPSA) is 43.1 Å². The van der Waals surface area contributed by atoms with Crippen LogP contribution in [0.15, 0.2) is 34.9 Å². The summed E-state index contributed by atoms with van der Waals surface area (Å²) in [5.74, 6) is 0.984. The predicted octanol–water partition coefficient (Wildman–Crippen LogP) is 2.74. The minimum Gasteiger partial charge on any atom is -0.441 e. The number of nitrogens with zero attached hydrogens (tertiary/aromatic N) is 1. The van der Waals surface area contributed by atoms with Gasteiger partial charge in [0.2, 0.25) is 5.89 Å². The van der Waals surface area contributed by atoms with Gasteiger partial charge in [-0.05, 0) is 12.1 Å². The fourth-order valence-electron chi connectivity index (χ4n) is 1.24. The minimum atomic E-state index is 0.234. The summed E-state index contributed by atoms with van der Waals surface area (Å²) >= 11 is 5.98. The van der Waals surface area contributed by atoms with Crippen molar-refractivity contribution in [2.45, 2.75) is 6.42 Å². The lowest BCUT2D eigenvalue weighted by molar-refractivity contribution is -0.107. The second kappa shape index (κ2) is 4.28. The molecule has 0 saturated carbocycles. The highest BCUT2D eigenvalue weighted by atomic mass is 35.5. The minimum absolute atomic E-state index is 0.234. The maximum atomic E-state index is 10.3. The fraction of sp³-hybridized carbons (Fsp3) is 0.0909. The highest BCUT2D eigenvalue weighted by molar-refractivity contribution is 6.33. The van der Waals surface area contributed by atoms with Crippen LogP contribution in [0.3, 0.4) is 0 Å². The van der Waals surface area contributed by atoms with Crippen molar-refractivity contribution in [1.82, 2.24) is 4.98 Å². The van der Waals surface area contributed by atoms with Crippen LogP contribution in [0.1, 0.15) is 5.76 Å². The van der Waals surface area contributed by atoms with E-state index < -0.39 is 0 Å². The van der Waals surface area contributed by atoms with Crippen LogP contribution in [-0.4, -0.2) is 11.3 Å². The summed E-state index contributed by atoms with van der Waals surface area (Å²) < 4.78 is 5.36. The Hall–Kier alpha value is -1.61. The second-order valence-electron chi connectivity index (χ2n) is 2.98. The fourth-order valence-corrected chi connectivity index (χ4v) is 1.46. The van der Waals surface area contributed by atoms with Gasteiger partial charge in [-0.25, -0.2) is 4.98 Å². The van der Waals surface area contributed by atoms with E-state index in [4.69, 9.17) is 16.0 Å². The van der Waals surface area contributed by atoms with Gasteiger partial charge >= 0.3 is 0 Å². The van der Waals surface area contributed by atoms with Gasteiger partial charge in [0, 0.05) is 0 Å². The molecule has 0 atom stereocenters. The average Bonchev–Trinajstić information content (AvgIpc) is 2.68. The van der Waals surface area contributed by atoms with Gasteiger partial charge in [0.25, 0.3) is 0 Å². The molecule has 2 aromatic rings. The first-order chi connectivity index (χ1) is 7.31. The van der Waals surface area contributed by atoms with Crippen molar-refractivity contribution < 1.29 is 9.21 Å². The lowest BCUT2D eigenvalue weighted by Crippen LogP contribution is -1.80. The maximum Gasteiger partial charge on any atom is 0.227 e. The number of halogens is 1. The SMILES string of the molecule is O=CCc1cnc(-c2ccccc2Cl)o1. The van der Waals surface area contributed by atoms with Crippen LogP contribution in [0.25, 0.3) is 11.5 Å². The number of rotatable bonds is 3. The third kappa shape index (κ3) is 2.07. The van der Waals surface area contributed by atoms with E-state index in [1.54, 1.807) is 6.07 Å². The summed E-state index contributed by atoms with van der Waals surface area (Å²) in [6, 6.07) is 7.27. The second-order valence-corrected chi connectivity index (χ2v) is 3.39. The molecular weight excluding hydrogens is 214 g/mol. The van der Waals surface area contributed by atoms with Crippen LogP contribution >= 0.6 is 11.6 Å². The molecule has 2 rings (SSSR count). The van der Waals surface area contributed by atoms with Crippen LogP contribution in [0, 0.1) is 0 Å². The molecule has 1 aromatic carbocycles. The van der Waals surface area contributed by atoms with Crippen LogP contribution in [-0.2, 0) is 11.2 Å². The third-order valence-corrected chi connectivity index (χ3v) is 2.27. The van der Waals surface area contributed by atoms with E-state index in [1.165, 1.54) is 6.20 Å². The molecule has 1 heterocycles. The first-order valence-electron chi connectivity index (χ1n) is 4.44. The molecule has 1 aromatic heterocycles. The lowest BCUT2D eigenvalue weighted by atomic mass is 10.2. The Bertz CT molecular complexity index is 479. The first kappa shape index (κ1) is 9.93. The number of aromatic nitrogens is 1. The molecule has 0 amide bonds. The molecule has 0 saturated heterocycles. The monoisotopic (exact) mass is 221 g/mol. The van der Waals surface area contributed by atoms with Crippen molar-refractivity contribution in [1.29, 1.82) is 0 Å². The molecule has 0 N–H and O–H groups in total. The Balaban J connectivity index is 2.37. The summed E-state index contributed by atoms with van der Waals surface area (Å²) in [5, 5.41) is 0.581. The zero-order valence-electron chi connectivity index (χ0n) is 7.81. The zero-order chi connectivity index (χ0) is 10.7. The molecule has 0 spiro atoms. The van der Waals surface area contributed by atoms with Gasteiger partial charge in [-0.3, -0.25) is 0 Å². The molecule has 3 nitrogen and oxygen atoms in total. The Labute approximate surface area is 91.7 Å². The van der Waals surface area contributed by atoms with Crippen molar-refractivity contribution >= 4 is 17.9 Å². The molecule has 4 heteroatoms. The van der Waals surface area contributed by atoms with E-state index in [1.807, 2.05) is 18.2 Å². The van der Waals surface area contributed by atoms with Crippen molar-refractivity contribution in [3.8, 4) is 11.5 Å². The van der Waals surface area contributed by atoms with Crippen molar-refractivity contribution in [3.05, 3.63) is 41.2 Å². The van der Waals surface area contributed by atoms with Gasteiger partial charge in [0.15, 0.2) is 0 Å². The van der Waals surface area contributed by atoms with Gasteiger partial charge in [-0.2, -0.15) is 0 Å². The Morgan fingerprint density at radius 2 is 2.20 bits per heavy atom. The number of benzene rings is 1. The van der Waals surface area contributed by atoms with E-state index in [2.05, 4.69) is 4.98 Å². The number of hydrogen-bond acceptors (Lipinski definition) is 3. The summed E-state index contributed by atoms with van der Waals surface area (Å²) in [6.07, 6.45) is 2.54. The normalized spacial score (nSPS) is 10.2. The molecule has 0 unspecified atom stereocenters.